The number of carbonyl (C=O) groups excluding carboxylic acids is 2. The van der Waals surface area contributed by atoms with Gasteiger partial charge < -0.3 is 25.2 Å². The molecule has 0 fully saturated rings. The van der Waals surface area contributed by atoms with E-state index in [0.717, 1.165) is 0 Å². The van der Waals surface area contributed by atoms with Gasteiger partial charge in [0, 0.05) is 0 Å². The molecule has 0 unspecified atom stereocenters. The van der Waals surface area contributed by atoms with Crippen molar-refractivity contribution in [2.45, 2.75) is 45.4 Å². The smallest absolute Gasteiger partial charge is 0.408 e. The van der Waals surface area contributed by atoms with Gasteiger partial charge in [-0.2, -0.15) is 0 Å². The molecule has 0 saturated heterocycles. The quantitative estimate of drug-likeness (QED) is 0.638. The Morgan fingerprint density at radius 3 is 2.35 bits per heavy atom. The fraction of sp³-hybridized carbons (Fsp3) is 0.692. The van der Waals surface area contributed by atoms with Gasteiger partial charge in [0.1, 0.15) is 12.2 Å². The normalized spacial score (nSPS) is 13.8. The van der Waals surface area contributed by atoms with Crippen LogP contribution >= 0.6 is 0 Å². The summed E-state index contributed by atoms with van der Waals surface area (Å²) >= 11 is 0. The first-order valence-corrected chi connectivity index (χ1v) is 6.34. The van der Waals surface area contributed by atoms with Gasteiger partial charge in [-0.05, 0) is 27.7 Å². The van der Waals surface area contributed by atoms with Crippen molar-refractivity contribution in [1.82, 2.24) is 10.6 Å². The van der Waals surface area contributed by atoms with Crippen LogP contribution in [0.15, 0.2) is 12.7 Å². The van der Waals surface area contributed by atoms with Crippen molar-refractivity contribution in [3.8, 4) is 0 Å². The van der Waals surface area contributed by atoms with Crippen LogP contribution in [-0.2, 0) is 9.47 Å². The number of aliphatic hydroxyl groups excluding tert-OH is 1. The molecule has 0 spiro atoms. The van der Waals surface area contributed by atoms with Crippen LogP contribution in [0.5, 0.6) is 0 Å². The van der Waals surface area contributed by atoms with Gasteiger partial charge in [-0.25, -0.2) is 9.59 Å². The van der Waals surface area contributed by atoms with Crippen LogP contribution < -0.4 is 10.6 Å². The van der Waals surface area contributed by atoms with E-state index in [-0.39, 0.29) is 13.2 Å². The van der Waals surface area contributed by atoms with Crippen LogP contribution in [0.1, 0.15) is 27.7 Å². The van der Waals surface area contributed by atoms with Crippen molar-refractivity contribution in [2.24, 2.45) is 0 Å². The molecule has 0 aromatic heterocycles. The zero-order valence-electron chi connectivity index (χ0n) is 12.4. The maximum atomic E-state index is 11.6. The van der Waals surface area contributed by atoms with Gasteiger partial charge in [0.25, 0.3) is 0 Å². The van der Waals surface area contributed by atoms with Gasteiger partial charge in [-0.1, -0.05) is 12.7 Å². The standard InChI is InChI=1S/C13H24N2O5/c1-6-7-19-11(17)14-9(2)10(8-16)15-12(18)20-13(3,4)5/h6,9-10,16H,1,7-8H2,2-5H3,(H,14,17)(H,15,18)/t9-,10-/m1/s1. The zero-order chi connectivity index (χ0) is 15.8. The minimum Gasteiger partial charge on any atom is -0.445 e. The van der Waals surface area contributed by atoms with Crippen molar-refractivity contribution >= 4 is 12.2 Å². The van der Waals surface area contributed by atoms with Crippen LogP contribution in [0.4, 0.5) is 9.59 Å². The lowest BCUT2D eigenvalue weighted by Crippen LogP contribution is -2.53. The van der Waals surface area contributed by atoms with Crippen LogP contribution in [0.25, 0.3) is 0 Å². The van der Waals surface area contributed by atoms with E-state index < -0.39 is 29.9 Å². The van der Waals surface area contributed by atoms with Crippen LogP contribution in [0.3, 0.4) is 0 Å². The van der Waals surface area contributed by atoms with E-state index >= 15 is 0 Å². The molecule has 3 N–H and O–H groups in total. The first-order valence-electron chi connectivity index (χ1n) is 6.34. The summed E-state index contributed by atoms with van der Waals surface area (Å²) in [6, 6.07) is -1.20. The molecule has 0 saturated carbocycles. The van der Waals surface area contributed by atoms with E-state index in [4.69, 9.17) is 9.47 Å². The highest BCUT2D eigenvalue weighted by Crippen LogP contribution is 2.07. The Labute approximate surface area is 119 Å². The summed E-state index contributed by atoms with van der Waals surface area (Å²) in [7, 11) is 0. The second-order valence-electron chi connectivity index (χ2n) is 5.26. The third-order valence-electron chi connectivity index (χ3n) is 2.18. The summed E-state index contributed by atoms with van der Waals surface area (Å²) in [6.07, 6.45) is 0.124. The maximum absolute atomic E-state index is 11.6. The minimum absolute atomic E-state index is 0.0852. The molecule has 0 bridgehead atoms. The van der Waals surface area contributed by atoms with Crippen LogP contribution in [-0.4, -0.2) is 48.2 Å². The molecule has 7 heteroatoms. The second kappa shape index (κ2) is 8.42. The fourth-order valence-corrected chi connectivity index (χ4v) is 1.25. The number of hydrogen-bond acceptors (Lipinski definition) is 5. The fourth-order valence-electron chi connectivity index (χ4n) is 1.25. The maximum Gasteiger partial charge on any atom is 0.408 e. The molecule has 0 radical (unpaired) electrons. The van der Waals surface area contributed by atoms with E-state index in [1.54, 1.807) is 27.7 Å². The van der Waals surface area contributed by atoms with E-state index in [1.165, 1.54) is 6.08 Å². The monoisotopic (exact) mass is 288 g/mol. The van der Waals surface area contributed by atoms with Crippen molar-refractivity contribution < 1.29 is 24.2 Å². The molecule has 7 nitrogen and oxygen atoms in total. The summed E-state index contributed by atoms with van der Waals surface area (Å²) in [5.41, 5.74) is -0.635. The Hall–Kier alpha value is -1.76. The van der Waals surface area contributed by atoms with E-state index in [2.05, 4.69) is 17.2 Å². The van der Waals surface area contributed by atoms with Crippen molar-refractivity contribution in [3.05, 3.63) is 12.7 Å². The molecule has 0 heterocycles. The molecule has 0 aromatic carbocycles. The van der Waals surface area contributed by atoms with Crippen molar-refractivity contribution in [1.29, 1.82) is 0 Å². The van der Waals surface area contributed by atoms with Gasteiger partial charge in [0.05, 0.1) is 18.7 Å². The molecule has 0 aromatic rings. The van der Waals surface area contributed by atoms with Gasteiger partial charge in [-0.3, -0.25) is 0 Å². The molecule has 0 rings (SSSR count). The van der Waals surface area contributed by atoms with Gasteiger partial charge in [0.15, 0.2) is 0 Å². The van der Waals surface area contributed by atoms with Crippen LogP contribution in [0, 0.1) is 0 Å². The summed E-state index contributed by atoms with van der Waals surface area (Å²) in [5, 5.41) is 14.2. The van der Waals surface area contributed by atoms with Crippen LogP contribution in [0.2, 0.25) is 0 Å². The molecule has 20 heavy (non-hydrogen) atoms. The van der Waals surface area contributed by atoms with E-state index in [0.29, 0.717) is 0 Å². The lowest BCUT2D eigenvalue weighted by Gasteiger charge is -2.26. The highest BCUT2D eigenvalue weighted by Gasteiger charge is 2.24. The molecular formula is C13H24N2O5. The summed E-state index contributed by atoms with van der Waals surface area (Å²) in [4.78, 5) is 22.9. The second-order valence-corrected chi connectivity index (χ2v) is 5.26. The predicted molar refractivity (Wildman–Crippen MR) is 74.4 cm³/mol. The topological polar surface area (TPSA) is 96.9 Å². The summed E-state index contributed by atoms with van der Waals surface area (Å²) in [6.45, 7) is 9.98. The number of ether oxygens (including phenoxy) is 2. The third kappa shape index (κ3) is 8.36. The summed E-state index contributed by atoms with van der Waals surface area (Å²) in [5.74, 6) is 0. The number of carbonyl (C=O) groups is 2. The number of hydrogen-bond donors (Lipinski definition) is 3. The van der Waals surface area contributed by atoms with Gasteiger partial charge in [-0.15, -0.1) is 0 Å². The SMILES string of the molecule is C=CCOC(=O)N[C@H](C)[C@@H](CO)NC(=O)OC(C)(C)C. The largest absolute Gasteiger partial charge is 0.445 e. The number of aliphatic hydroxyl groups is 1. The first kappa shape index (κ1) is 18.2. The Bertz CT molecular complexity index is 338. The average Bonchev–Trinajstić information content (AvgIpc) is 2.30. The van der Waals surface area contributed by atoms with Crippen molar-refractivity contribution in [3.63, 3.8) is 0 Å². The molecule has 0 aliphatic heterocycles. The van der Waals surface area contributed by atoms with E-state index in [1.807, 2.05) is 0 Å². The van der Waals surface area contributed by atoms with E-state index in [9.17, 15) is 14.7 Å². The lowest BCUT2D eigenvalue weighted by atomic mass is 10.1. The predicted octanol–water partition coefficient (Wildman–Crippen LogP) is 1.17. The zero-order valence-corrected chi connectivity index (χ0v) is 12.4. The molecular weight excluding hydrogens is 264 g/mol. The Balaban J connectivity index is 4.33. The first-order chi connectivity index (χ1) is 9.19. The number of alkyl carbamates (subject to hydrolysis) is 2. The average molecular weight is 288 g/mol. The number of amides is 2. The number of nitrogens with one attached hydrogen (secondary N) is 2. The molecule has 0 aliphatic carbocycles. The molecule has 116 valence electrons. The Morgan fingerprint density at radius 1 is 1.30 bits per heavy atom. The summed E-state index contributed by atoms with van der Waals surface area (Å²) < 4.78 is 9.82. The molecule has 0 aliphatic rings. The lowest BCUT2D eigenvalue weighted by molar-refractivity contribution is 0.0465. The minimum atomic E-state index is -0.680. The highest BCUT2D eigenvalue weighted by molar-refractivity contribution is 5.69. The highest BCUT2D eigenvalue weighted by atomic mass is 16.6. The number of rotatable bonds is 6. The Morgan fingerprint density at radius 2 is 1.90 bits per heavy atom. The third-order valence-corrected chi connectivity index (χ3v) is 2.18. The Kier molecular flexibility index (Phi) is 7.68. The van der Waals surface area contributed by atoms with Gasteiger partial charge >= 0.3 is 12.2 Å². The molecule has 2 amide bonds. The van der Waals surface area contributed by atoms with Gasteiger partial charge in [0.2, 0.25) is 0 Å². The molecule has 2 atom stereocenters. The van der Waals surface area contributed by atoms with Crippen molar-refractivity contribution in [2.75, 3.05) is 13.2 Å².